The predicted molar refractivity (Wildman–Crippen MR) is 283 cm³/mol. The van der Waals surface area contributed by atoms with Crippen molar-refractivity contribution in [2.45, 2.75) is 12.3 Å². The Morgan fingerprint density at radius 1 is 0.338 bits per heavy atom. The van der Waals surface area contributed by atoms with Gasteiger partial charge in [0.25, 0.3) is 0 Å². The zero-order valence-corrected chi connectivity index (χ0v) is 37.2. The molecule has 0 bridgehead atoms. The minimum absolute atomic E-state index is 0.286. The van der Waals surface area contributed by atoms with E-state index in [1.165, 1.54) is 21.9 Å². The second-order valence-corrected chi connectivity index (χ2v) is 17.5. The third kappa shape index (κ3) is 6.63. The highest BCUT2D eigenvalue weighted by molar-refractivity contribution is 6.26. The molecule has 322 valence electrons. The second kappa shape index (κ2) is 16.6. The van der Waals surface area contributed by atoms with Crippen molar-refractivity contribution < 1.29 is 0 Å². The van der Waals surface area contributed by atoms with Gasteiger partial charge >= 0.3 is 0 Å². The number of para-hydroxylation sites is 3. The molecule has 0 aliphatic carbocycles. The molecule has 68 heavy (non-hydrogen) atoms. The summed E-state index contributed by atoms with van der Waals surface area (Å²) >= 11 is 0. The van der Waals surface area contributed by atoms with E-state index in [0.717, 1.165) is 89.0 Å². The first-order valence-corrected chi connectivity index (χ1v) is 23.4. The van der Waals surface area contributed by atoms with Gasteiger partial charge in [0.15, 0.2) is 0 Å². The Labute approximate surface area is 394 Å². The van der Waals surface area contributed by atoms with E-state index in [4.69, 9.17) is 4.99 Å². The monoisotopic (exact) mass is 871 g/mol. The number of aromatic nitrogens is 2. The average molecular weight is 872 g/mol. The molecule has 0 saturated heterocycles. The van der Waals surface area contributed by atoms with E-state index in [1.54, 1.807) is 0 Å². The molecule has 12 aromatic rings. The SMILES string of the molecule is c1ccc(-c2ccc(C3NC(n4c5ccccc5c5ccc6c7ccccc7n(-c7c(-c8ccccc8)cccc7-c7ccccc7)c6c54)=NC(c4ccccc4-c4ccccc4)N3)cc2)cc1. The van der Waals surface area contributed by atoms with Gasteiger partial charge < -0.3 is 9.88 Å². The summed E-state index contributed by atoms with van der Waals surface area (Å²) in [6.45, 7) is 0. The summed E-state index contributed by atoms with van der Waals surface area (Å²) in [5.41, 5.74) is 17.1. The highest BCUT2D eigenvalue weighted by Crippen LogP contribution is 2.45. The molecule has 2 unspecified atom stereocenters. The van der Waals surface area contributed by atoms with Crippen molar-refractivity contribution in [3.05, 3.63) is 260 Å². The number of nitrogens with one attached hydrogen (secondary N) is 2. The van der Waals surface area contributed by atoms with Crippen LogP contribution in [0, 0.1) is 0 Å². The van der Waals surface area contributed by atoms with E-state index in [0.29, 0.717) is 0 Å². The number of hydrogen-bond donors (Lipinski definition) is 2. The first-order valence-electron chi connectivity index (χ1n) is 23.4. The van der Waals surface area contributed by atoms with Gasteiger partial charge in [-0.1, -0.05) is 237 Å². The molecular formula is C63H45N5. The maximum atomic E-state index is 5.76. The van der Waals surface area contributed by atoms with Crippen molar-refractivity contribution in [2.75, 3.05) is 0 Å². The molecular weight excluding hydrogens is 827 g/mol. The van der Waals surface area contributed by atoms with E-state index >= 15 is 0 Å². The topological polar surface area (TPSA) is 46.3 Å². The van der Waals surface area contributed by atoms with Crippen LogP contribution >= 0.6 is 0 Å². The number of hydrogen-bond acceptors (Lipinski definition) is 3. The Morgan fingerprint density at radius 3 is 1.37 bits per heavy atom. The van der Waals surface area contributed by atoms with Crippen molar-refractivity contribution in [3.63, 3.8) is 0 Å². The predicted octanol–water partition coefficient (Wildman–Crippen LogP) is 15.4. The van der Waals surface area contributed by atoms with Crippen molar-refractivity contribution in [2.24, 2.45) is 4.99 Å². The fraction of sp³-hybridized carbons (Fsp3) is 0.0317. The minimum atomic E-state index is -0.397. The van der Waals surface area contributed by atoms with E-state index in [1.807, 2.05) is 0 Å². The van der Waals surface area contributed by atoms with Gasteiger partial charge in [0.05, 0.1) is 27.8 Å². The summed E-state index contributed by atoms with van der Waals surface area (Å²) in [5, 5.41) is 12.7. The first kappa shape index (κ1) is 39.6. The number of nitrogens with zero attached hydrogens (tertiary/aromatic N) is 3. The summed E-state index contributed by atoms with van der Waals surface area (Å²) in [6.07, 6.45) is -0.683. The van der Waals surface area contributed by atoms with Crippen LogP contribution in [0.1, 0.15) is 23.5 Å². The molecule has 5 nitrogen and oxygen atoms in total. The summed E-state index contributed by atoms with van der Waals surface area (Å²) < 4.78 is 4.94. The van der Waals surface area contributed by atoms with Gasteiger partial charge in [-0.2, -0.15) is 0 Å². The van der Waals surface area contributed by atoms with Crippen LogP contribution < -0.4 is 10.6 Å². The van der Waals surface area contributed by atoms with Gasteiger partial charge in [-0.25, -0.2) is 4.99 Å². The molecule has 2 N–H and O–H groups in total. The highest BCUT2D eigenvalue weighted by atomic mass is 15.4. The molecule has 13 rings (SSSR count). The first-order chi connectivity index (χ1) is 33.8. The van der Waals surface area contributed by atoms with E-state index in [2.05, 4.69) is 268 Å². The second-order valence-electron chi connectivity index (χ2n) is 17.5. The molecule has 3 heterocycles. The van der Waals surface area contributed by atoms with Crippen molar-refractivity contribution in [3.8, 4) is 50.2 Å². The van der Waals surface area contributed by atoms with Crippen LogP contribution in [0.5, 0.6) is 0 Å². The van der Waals surface area contributed by atoms with Crippen LogP contribution in [0.4, 0.5) is 0 Å². The Kier molecular flexibility index (Phi) is 9.66. The van der Waals surface area contributed by atoms with Crippen LogP contribution in [0.15, 0.2) is 254 Å². The summed E-state index contributed by atoms with van der Waals surface area (Å²) in [4.78, 5) is 5.76. The van der Waals surface area contributed by atoms with E-state index in [9.17, 15) is 0 Å². The summed E-state index contributed by atoms with van der Waals surface area (Å²) in [7, 11) is 0. The highest BCUT2D eigenvalue weighted by Gasteiger charge is 2.31. The zero-order valence-electron chi connectivity index (χ0n) is 37.2. The molecule has 2 atom stereocenters. The van der Waals surface area contributed by atoms with E-state index < -0.39 is 6.17 Å². The van der Waals surface area contributed by atoms with Crippen LogP contribution in [-0.2, 0) is 0 Å². The number of benzene rings is 10. The van der Waals surface area contributed by atoms with Crippen LogP contribution in [-0.4, -0.2) is 15.1 Å². The third-order valence-corrected chi connectivity index (χ3v) is 13.7. The molecule has 2 aromatic heterocycles. The van der Waals surface area contributed by atoms with E-state index in [-0.39, 0.29) is 6.17 Å². The molecule has 0 radical (unpaired) electrons. The molecule has 0 fully saturated rings. The van der Waals surface area contributed by atoms with Gasteiger partial charge in [-0.15, -0.1) is 0 Å². The van der Waals surface area contributed by atoms with Crippen LogP contribution in [0.2, 0.25) is 0 Å². The smallest absolute Gasteiger partial charge is 0.206 e. The van der Waals surface area contributed by atoms with Gasteiger partial charge in [0, 0.05) is 32.7 Å². The average Bonchev–Trinajstić information content (AvgIpc) is 3.94. The van der Waals surface area contributed by atoms with Gasteiger partial charge in [0.1, 0.15) is 12.3 Å². The van der Waals surface area contributed by atoms with Gasteiger partial charge in [0.2, 0.25) is 5.96 Å². The van der Waals surface area contributed by atoms with Gasteiger partial charge in [-0.3, -0.25) is 9.88 Å². The molecule has 5 heteroatoms. The van der Waals surface area contributed by atoms with Crippen LogP contribution in [0.25, 0.3) is 93.8 Å². The Bertz CT molecular complexity index is 3780. The number of fused-ring (bicyclic) bond motifs is 7. The Morgan fingerprint density at radius 2 is 0.779 bits per heavy atom. The standard InChI is InChI=1S/C63H45N5/c1-5-20-42(21-6-1)43-36-38-47(39-37-43)61-64-62(55-31-14-13-28-48(55)44-22-7-2-8-23-44)66-63(65-61)68-57-35-18-16-30-52(57)54-41-40-53-51-29-15-17-34-56(51)67(59(53)60(54)68)58-49(45-24-9-3-10-25-45)32-19-33-50(58)46-26-11-4-12-27-46/h1-41,61-62,64H,(H,65,66). The molecule has 1 aliphatic heterocycles. The lowest BCUT2D eigenvalue weighted by Gasteiger charge is -2.33. The fourth-order valence-electron chi connectivity index (χ4n) is 10.5. The maximum Gasteiger partial charge on any atom is 0.206 e. The molecule has 0 amide bonds. The number of rotatable bonds is 7. The summed E-state index contributed by atoms with van der Waals surface area (Å²) in [6, 6.07) is 89.5. The molecule has 1 aliphatic rings. The lowest BCUT2D eigenvalue weighted by atomic mass is 9.95. The minimum Gasteiger partial charge on any atom is -0.336 e. The zero-order chi connectivity index (χ0) is 45.0. The Hall–Kier alpha value is -8.77. The lowest BCUT2D eigenvalue weighted by Crippen LogP contribution is -2.47. The molecule has 0 saturated carbocycles. The quantitative estimate of drug-likeness (QED) is 0.168. The normalized spacial score (nSPS) is 14.9. The number of aliphatic imine (C=N–C) groups is 1. The van der Waals surface area contributed by atoms with Crippen molar-refractivity contribution in [1.82, 2.24) is 19.8 Å². The molecule has 0 spiro atoms. The largest absolute Gasteiger partial charge is 0.336 e. The van der Waals surface area contributed by atoms with Gasteiger partial charge in [-0.05, 0) is 56.6 Å². The third-order valence-electron chi connectivity index (χ3n) is 13.7. The van der Waals surface area contributed by atoms with Crippen molar-refractivity contribution in [1.29, 1.82) is 0 Å². The molecule has 10 aromatic carbocycles. The van der Waals surface area contributed by atoms with Crippen LogP contribution in [0.3, 0.4) is 0 Å². The maximum absolute atomic E-state index is 5.76. The Balaban J connectivity index is 1.11. The lowest BCUT2D eigenvalue weighted by molar-refractivity contribution is 0.404. The summed E-state index contributed by atoms with van der Waals surface area (Å²) in [5.74, 6) is 0.767. The van der Waals surface area contributed by atoms with Crippen molar-refractivity contribution >= 4 is 49.6 Å². The fourth-order valence-corrected chi connectivity index (χ4v) is 10.5.